The zero-order valence-corrected chi connectivity index (χ0v) is 14.6. The molecule has 0 unspecified atom stereocenters. The van der Waals surface area contributed by atoms with Crippen LogP contribution in [0, 0.1) is 0 Å². The van der Waals surface area contributed by atoms with Crippen LogP contribution in [0.2, 0.25) is 0 Å². The fraction of sp³-hybridized carbons (Fsp3) is 0.250. The van der Waals surface area contributed by atoms with Crippen LogP contribution in [0.25, 0.3) is 0 Å². The summed E-state index contributed by atoms with van der Waals surface area (Å²) in [5.41, 5.74) is 0.0981. The molecule has 2 N–H and O–H groups in total. The van der Waals surface area contributed by atoms with E-state index in [1.54, 1.807) is 25.1 Å². The van der Waals surface area contributed by atoms with Crippen molar-refractivity contribution in [2.45, 2.75) is 24.8 Å². The highest BCUT2D eigenvalue weighted by atomic mass is 32.2. The van der Waals surface area contributed by atoms with Crippen molar-refractivity contribution in [2.24, 2.45) is 0 Å². The van der Waals surface area contributed by atoms with Crippen LogP contribution < -0.4 is 5.32 Å². The largest absolute Gasteiger partial charge is 0.477 e. The third-order valence-corrected chi connectivity index (χ3v) is 6.28. The van der Waals surface area contributed by atoms with Gasteiger partial charge >= 0.3 is 5.97 Å². The third-order valence-electron chi connectivity index (χ3n) is 3.24. The smallest absolute Gasteiger partial charge is 0.345 e. The second-order valence-corrected chi connectivity index (χ2v) is 8.31. The van der Waals surface area contributed by atoms with Crippen LogP contribution in [0.4, 0.5) is 0 Å². The van der Waals surface area contributed by atoms with Crippen LogP contribution in [0.3, 0.4) is 0 Å². The maximum absolute atomic E-state index is 12.3. The fourth-order valence-corrected chi connectivity index (χ4v) is 4.48. The first-order chi connectivity index (χ1) is 11.3. The monoisotopic (exact) mass is 367 g/mol. The SMILES string of the molecule is CCCS(=O)(=O)c1ccccc1C(=O)NCc1ccc(C(=O)O)s1. The first-order valence-electron chi connectivity index (χ1n) is 7.27. The normalized spacial score (nSPS) is 11.2. The predicted molar refractivity (Wildman–Crippen MR) is 91.2 cm³/mol. The molecule has 128 valence electrons. The van der Waals surface area contributed by atoms with E-state index < -0.39 is 21.7 Å². The Kier molecular flexibility index (Phi) is 5.74. The van der Waals surface area contributed by atoms with E-state index in [4.69, 9.17) is 5.11 Å². The van der Waals surface area contributed by atoms with Gasteiger partial charge in [-0.3, -0.25) is 4.79 Å². The van der Waals surface area contributed by atoms with Gasteiger partial charge < -0.3 is 10.4 Å². The molecule has 0 radical (unpaired) electrons. The van der Waals surface area contributed by atoms with E-state index in [9.17, 15) is 18.0 Å². The van der Waals surface area contributed by atoms with Gasteiger partial charge in [-0.2, -0.15) is 0 Å². The summed E-state index contributed by atoms with van der Waals surface area (Å²) in [4.78, 5) is 24.1. The molecule has 0 saturated carbocycles. The number of hydrogen-bond acceptors (Lipinski definition) is 5. The summed E-state index contributed by atoms with van der Waals surface area (Å²) in [6.45, 7) is 1.90. The molecular weight excluding hydrogens is 350 g/mol. The Morgan fingerprint density at radius 2 is 1.88 bits per heavy atom. The molecule has 0 aliphatic heterocycles. The first kappa shape index (κ1) is 18.2. The Labute approximate surface area is 144 Å². The van der Waals surface area contributed by atoms with E-state index in [1.807, 2.05) is 0 Å². The number of rotatable bonds is 7. The minimum Gasteiger partial charge on any atom is -0.477 e. The van der Waals surface area contributed by atoms with Gasteiger partial charge in [0.15, 0.2) is 9.84 Å². The molecule has 0 atom stereocenters. The number of sulfone groups is 1. The maximum atomic E-state index is 12.3. The Morgan fingerprint density at radius 3 is 2.50 bits per heavy atom. The molecule has 0 aliphatic rings. The molecule has 0 saturated heterocycles. The summed E-state index contributed by atoms with van der Waals surface area (Å²) in [7, 11) is -3.51. The van der Waals surface area contributed by atoms with Gasteiger partial charge in [0, 0.05) is 4.88 Å². The number of benzene rings is 1. The van der Waals surface area contributed by atoms with E-state index in [0.29, 0.717) is 11.3 Å². The number of carboxylic acids is 1. The molecule has 2 rings (SSSR count). The predicted octanol–water partition coefficient (Wildman–Crippen LogP) is 2.56. The van der Waals surface area contributed by atoms with Crippen molar-refractivity contribution in [2.75, 3.05) is 5.75 Å². The lowest BCUT2D eigenvalue weighted by molar-refractivity contribution is 0.0702. The number of carboxylic acid groups (broad SMARTS) is 1. The van der Waals surface area contributed by atoms with Gasteiger partial charge in [-0.15, -0.1) is 11.3 Å². The number of aromatic carboxylic acids is 1. The molecule has 0 fully saturated rings. The Balaban J connectivity index is 2.17. The summed E-state index contributed by atoms with van der Waals surface area (Å²) < 4.78 is 24.5. The lowest BCUT2D eigenvalue weighted by Crippen LogP contribution is -2.24. The molecule has 1 aromatic heterocycles. The van der Waals surface area contributed by atoms with Crippen LogP contribution in [0.5, 0.6) is 0 Å². The van der Waals surface area contributed by atoms with Crippen LogP contribution in [-0.4, -0.2) is 31.2 Å². The average molecular weight is 367 g/mol. The maximum Gasteiger partial charge on any atom is 0.345 e. The second kappa shape index (κ2) is 7.59. The number of amides is 1. The molecule has 0 spiro atoms. The Morgan fingerprint density at radius 1 is 1.17 bits per heavy atom. The fourth-order valence-electron chi connectivity index (χ4n) is 2.15. The number of carbonyl (C=O) groups is 2. The van der Waals surface area contributed by atoms with Gasteiger partial charge in [-0.25, -0.2) is 13.2 Å². The Hall–Kier alpha value is -2.19. The highest BCUT2D eigenvalue weighted by Gasteiger charge is 2.21. The topological polar surface area (TPSA) is 101 Å². The number of nitrogens with one attached hydrogen (secondary N) is 1. The molecule has 24 heavy (non-hydrogen) atoms. The van der Waals surface area contributed by atoms with Gasteiger partial charge in [-0.05, 0) is 30.7 Å². The van der Waals surface area contributed by atoms with E-state index in [1.165, 1.54) is 18.2 Å². The lowest BCUT2D eigenvalue weighted by atomic mass is 10.2. The summed E-state index contributed by atoms with van der Waals surface area (Å²) in [5, 5.41) is 11.5. The van der Waals surface area contributed by atoms with E-state index in [-0.39, 0.29) is 27.6 Å². The minimum absolute atomic E-state index is 0.0155. The third kappa shape index (κ3) is 4.21. The highest BCUT2D eigenvalue weighted by molar-refractivity contribution is 7.91. The summed E-state index contributed by atoms with van der Waals surface area (Å²) in [6.07, 6.45) is 0.464. The average Bonchev–Trinajstić information content (AvgIpc) is 3.02. The number of hydrogen-bond donors (Lipinski definition) is 2. The van der Waals surface area contributed by atoms with Crippen molar-refractivity contribution < 1.29 is 23.1 Å². The summed E-state index contributed by atoms with van der Waals surface area (Å²) >= 11 is 1.06. The summed E-state index contributed by atoms with van der Waals surface area (Å²) in [6, 6.07) is 9.16. The molecule has 8 heteroatoms. The highest BCUT2D eigenvalue weighted by Crippen LogP contribution is 2.19. The quantitative estimate of drug-likeness (QED) is 0.783. The van der Waals surface area contributed by atoms with Crippen LogP contribution in [0.1, 0.15) is 38.3 Å². The summed E-state index contributed by atoms with van der Waals surface area (Å²) in [5.74, 6) is -1.55. The van der Waals surface area contributed by atoms with Crippen molar-refractivity contribution >= 4 is 33.1 Å². The van der Waals surface area contributed by atoms with Gasteiger partial charge in [0.1, 0.15) is 4.88 Å². The van der Waals surface area contributed by atoms with Gasteiger partial charge in [0.2, 0.25) is 0 Å². The van der Waals surface area contributed by atoms with Crippen LogP contribution in [-0.2, 0) is 16.4 Å². The van der Waals surface area contributed by atoms with Crippen molar-refractivity contribution in [3.63, 3.8) is 0 Å². The number of thiophene rings is 1. The minimum atomic E-state index is -3.51. The van der Waals surface area contributed by atoms with Crippen molar-refractivity contribution in [1.82, 2.24) is 5.32 Å². The molecule has 1 heterocycles. The van der Waals surface area contributed by atoms with Crippen LogP contribution >= 0.6 is 11.3 Å². The molecule has 0 bridgehead atoms. The van der Waals surface area contributed by atoms with Crippen molar-refractivity contribution in [1.29, 1.82) is 0 Å². The van der Waals surface area contributed by atoms with Crippen molar-refractivity contribution in [3.05, 3.63) is 51.7 Å². The molecule has 2 aromatic rings. The van der Waals surface area contributed by atoms with E-state index in [0.717, 1.165) is 11.3 Å². The molecule has 1 aromatic carbocycles. The zero-order valence-electron chi connectivity index (χ0n) is 13.0. The van der Waals surface area contributed by atoms with Gasteiger partial charge in [0.05, 0.1) is 22.8 Å². The van der Waals surface area contributed by atoms with E-state index in [2.05, 4.69) is 5.32 Å². The molecule has 6 nitrogen and oxygen atoms in total. The van der Waals surface area contributed by atoms with E-state index >= 15 is 0 Å². The van der Waals surface area contributed by atoms with Crippen molar-refractivity contribution in [3.8, 4) is 0 Å². The molecular formula is C16H17NO5S2. The number of carbonyl (C=O) groups excluding carboxylic acids is 1. The zero-order chi connectivity index (χ0) is 17.7. The molecule has 0 aliphatic carbocycles. The van der Waals surface area contributed by atoms with Gasteiger partial charge in [-0.1, -0.05) is 19.1 Å². The molecule has 1 amide bonds. The first-order valence-corrected chi connectivity index (χ1v) is 9.74. The Bertz CT molecular complexity index is 855. The lowest BCUT2D eigenvalue weighted by Gasteiger charge is -2.10. The second-order valence-electron chi connectivity index (χ2n) is 5.07. The standard InChI is InChI=1S/C16H17NO5S2/c1-2-9-24(21,22)14-6-4-3-5-12(14)15(18)17-10-11-7-8-13(23-11)16(19)20/h3-8H,2,9-10H2,1H3,(H,17,18)(H,19,20). The van der Waals surface area contributed by atoms with Crippen LogP contribution in [0.15, 0.2) is 41.3 Å². The van der Waals surface area contributed by atoms with Gasteiger partial charge in [0.25, 0.3) is 5.91 Å².